The first-order chi connectivity index (χ1) is 16.4. The summed E-state index contributed by atoms with van der Waals surface area (Å²) in [6.07, 6.45) is 3.54. The Balaban J connectivity index is 1.52. The summed E-state index contributed by atoms with van der Waals surface area (Å²) in [5.41, 5.74) is 8.98. The highest BCUT2D eigenvalue weighted by Crippen LogP contribution is 2.36. The lowest BCUT2D eigenvalue weighted by Gasteiger charge is -2.35. The van der Waals surface area contributed by atoms with E-state index in [2.05, 4.69) is 39.2 Å². The van der Waals surface area contributed by atoms with Gasteiger partial charge in [-0.1, -0.05) is 29.2 Å². The van der Waals surface area contributed by atoms with E-state index in [1.54, 1.807) is 18.5 Å². The first-order valence-electron chi connectivity index (χ1n) is 11.7. The second kappa shape index (κ2) is 10.9. The predicted octanol–water partition coefficient (Wildman–Crippen LogP) is 3.53. The van der Waals surface area contributed by atoms with Crippen molar-refractivity contribution in [3.05, 3.63) is 72.1 Å². The van der Waals surface area contributed by atoms with Crippen LogP contribution < -0.4 is 20.9 Å². The number of nitrogens with one attached hydrogen (secondary N) is 2. The molecule has 2 aromatic carbocycles. The van der Waals surface area contributed by atoms with Gasteiger partial charge in [-0.15, -0.1) is 0 Å². The van der Waals surface area contributed by atoms with Gasteiger partial charge in [-0.25, -0.2) is 13.8 Å². The molecule has 0 saturated carbocycles. The third kappa shape index (κ3) is 5.69. The van der Waals surface area contributed by atoms with Gasteiger partial charge in [-0.2, -0.15) is 0 Å². The van der Waals surface area contributed by atoms with Crippen LogP contribution in [0.5, 0.6) is 0 Å². The molecule has 0 radical (unpaired) electrons. The molecule has 1 aliphatic rings. The van der Waals surface area contributed by atoms with Gasteiger partial charge in [0.15, 0.2) is 0 Å². The van der Waals surface area contributed by atoms with Gasteiger partial charge in [0.05, 0.1) is 13.1 Å². The molecular weight excluding hydrogens is 434 g/mol. The first kappa shape index (κ1) is 24.0. The maximum atomic E-state index is 13.5. The van der Waals surface area contributed by atoms with Gasteiger partial charge < -0.3 is 16.0 Å². The maximum Gasteiger partial charge on any atom is 0.234 e. The van der Waals surface area contributed by atoms with Crippen LogP contribution in [0.1, 0.15) is 24.4 Å². The number of hydrogen-bond acceptors (Lipinski definition) is 5. The van der Waals surface area contributed by atoms with Gasteiger partial charge in [0.1, 0.15) is 17.2 Å². The molecule has 1 aliphatic heterocycles. The second-order valence-corrected chi connectivity index (χ2v) is 9.13. The third-order valence-corrected chi connectivity index (χ3v) is 6.51. The Morgan fingerprint density at radius 3 is 2.29 bits per heavy atom. The molecule has 1 saturated heterocycles. The fraction of sp³-hybridized carbons (Fsp3) is 0.385. The Bertz CT molecular complexity index is 1060. The van der Waals surface area contributed by atoms with Crippen LogP contribution in [0.4, 0.5) is 20.4 Å². The third-order valence-electron chi connectivity index (χ3n) is 6.51. The van der Waals surface area contributed by atoms with Crippen molar-refractivity contribution in [1.29, 1.82) is 0 Å². The zero-order valence-electron chi connectivity index (χ0n) is 19.8. The molecule has 8 heteroatoms. The zero-order chi connectivity index (χ0) is 24.1. The molecule has 0 bridgehead atoms. The molecule has 0 spiro atoms. The minimum atomic E-state index is -0.286. The van der Waals surface area contributed by atoms with Crippen molar-refractivity contribution in [2.24, 2.45) is 5.92 Å². The molecule has 6 nitrogen and oxygen atoms in total. The standard InChI is InChI=1S/C26H32F2N6/c1-33(2)16-13-30-24(19-5-9-22(28)10-6-19)20-11-14-34(15-12-20)26-23(25(29)31-17-32-26)18-3-7-21(27)8-4-18/h3-10,17,20,24,30H,11-16H2,1-2H3,(H2,29,31,32)/p+1. The Morgan fingerprint density at radius 2 is 1.68 bits per heavy atom. The van der Waals surface area contributed by atoms with Crippen molar-refractivity contribution in [3.63, 3.8) is 0 Å². The average molecular weight is 468 g/mol. The lowest BCUT2D eigenvalue weighted by atomic mass is 9.85. The molecule has 1 aromatic heterocycles. The number of piperidine rings is 1. The van der Waals surface area contributed by atoms with Crippen molar-refractivity contribution in [2.75, 3.05) is 50.9 Å². The van der Waals surface area contributed by atoms with Crippen molar-refractivity contribution in [3.8, 4) is 11.1 Å². The van der Waals surface area contributed by atoms with Gasteiger partial charge >= 0.3 is 0 Å². The minimum absolute atomic E-state index is 0.158. The molecule has 4 rings (SSSR count). The molecule has 1 fully saturated rings. The quantitative estimate of drug-likeness (QED) is 0.530. The number of nitrogen functional groups attached to an aromatic ring is 1. The number of aromatic amines is 1. The average Bonchev–Trinajstić information content (AvgIpc) is 2.83. The number of nitrogens with two attached hydrogens (primary N) is 1. The van der Waals surface area contributed by atoms with Crippen LogP contribution in [0.2, 0.25) is 0 Å². The molecule has 34 heavy (non-hydrogen) atoms. The van der Waals surface area contributed by atoms with E-state index in [1.165, 1.54) is 24.3 Å². The van der Waals surface area contributed by atoms with Gasteiger partial charge in [0, 0.05) is 19.1 Å². The molecule has 2 heterocycles. The number of nitrogens with zero attached hydrogens (tertiary/aromatic N) is 3. The predicted molar refractivity (Wildman–Crippen MR) is 131 cm³/mol. The van der Waals surface area contributed by atoms with Crippen LogP contribution in [-0.4, -0.2) is 50.2 Å². The fourth-order valence-electron chi connectivity index (χ4n) is 4.70. The summed E-state index contributed by atoms with van der Waals surface area (Å²) in [6, 6.07) is 13.3. The highest BCUT2D eigenvalue weighted by molar-refractivity contribution is 5.82. The van der Waals surface area contributed by atoms with E-state index in [9.17, 15) is 8.78 Å². The lowest BCUT2D eigenvalue weighted by Crippen LogP contribution is -2.42. The lowest BCUT2D eigenvalue weighted by molar-refractivity contribution is -0.368. The molecule has 3 aromatic rings. The van der Waals surface area contributed by atoms with Crippen LogP contribution in [0.15, 0.2) is 54.9 Å². The highest BCUT2D eigenvalue weighted by atomic mass is 19.1. The Morgan fingerprint density at radius 1 is 1.06 bits per heavy atom. The van der Waals surface area contributed by atoms with Crippen LogP contribution >= 0.6 is 0 Å². The van der Waals surface area contributed by atoms with Crippen molar-refractivity contribution < 1.29 is 13.8 Å². The van der Waals surface area contributed by atoms with Gasteiger partial charge in [-0.3, -0.25) is 4.90 Å². The van der Waals surface area contributed by atoms with E-state index in [0.717, 1.165) is 61.5 Å². The smallest absolute Gasteiger partial charge is 0.234 e. The summed E-state index contributed by atoms with van der Waals surface area (Å²) in [7, 11) is 4.12. The van der Waals surface area contributed by atoms with Crippen molar-refractivity contribution in [1.82, 2.24) is 15.2 Å². The summed E-state index contributed by atoms with van der Waals surface area (Å²) in [4.78, 5) is 11.9. The van der Waals surface area contributed by atoms with E-state index in [1.807, 2.05) is 12.1 Å². The minimum Gasteiger partial charge on any atom is -0.369 e. The number of halogens is 2. The number of anilines is 2. The van der Waals surface area contributed by atoms with Crippen LogP contribution in [0.3, 0.4) is 0 Å². The van der Waals surface area contributed by atoms with E-state index in [0.29, 0.717) is 11.7 Å². The highest BCUT2D eigenvalue weighted by Gasteiger charge is 2.32. The van der Waals surface area contributed by atoms with E-state index >= 15 is 0 Å². The summed E-state index contributed by atoms with van der Waals surface area (Å²) >= 11 is 0. The van der Waals surface area contributed by atoms with Crippen molar-refractivity contribution >= 4 is 11.6 Å². The monoisotopic (exact) mass is 467 g/mol. The van der Waals surface area contributed by atoms with Crippen LogP contribution in [0, 0.1) is 17.6 Å². The Kier molecular flexibility index (Phi) is 7.70. The number of benzene rings is 2. The zero-order valence-corrected chi connectivity index (χ0v) is 19.8. The van der Waals surface area contributed by atoms with Crippen LogP contribution in [0.25, 0.3) is 11.1 Å². The SMILES string of the molecule is CN(C)CCNC(c1ccc(F)cc1)C1CCN(c2[nH+]cnc(N)c2-c2ccc(F)cc2)CC1. The maximum absolute atomic E-state index is 13.5. The molecule has 4 N–H and O–H groups in total. The normalized spacial score (nSPS) is 15.6. The molecule has 180 valence electrons. The topological polar surface area (TPSA) is 71.6 Å². The van der Waals surface area contributed by atoms with Crippen molar-refractivity contribution in [2.45, 2.75) is 18.9 Å². The number of aromatic nitrogens is 2. The number of H-pyrrole nitrogens is 1. The molecule has 0 amide bonds. The number of likely N-dealkylation sites (N-methyl/N-ethyl adjacent to an activating group) is 1. The van der Waals surface area contributed by atoms with E-state index < -0.39 is 0 Å². The second-order valence-electron chi connectivity index (χ2n) is 9.13. The Hall–Kier alpha value is -3.10. The summed E-state index contributed by atoms with van der Waals surface area (Å²) in [5.74, 6) is 1.22. The Labute approximate surface area is 199 Å². The molecule has 1 atom stereocenters. The van der Waals surface area contributed by atoms with Gasteiger partial charge in [0.25, 0.3) is 0 Å². The molecule has 1 unspecified atom stereocenters. The van der Waals surface area contributed by atoms with Gasteiger partial charge in [-0.05, 0) is 68.2 Å². The first-order valence-corrected chi connectivity index (χ1v) is 11.7. The summed E-state index contributed by atoms with van der Waals surface area (Å²) in [6.45, 7) is 3.47. The van der Waals surface area contributed by atoms with Gasteiger partial charge in [0.2, 0.25) is 18.0 Å². The van der Waals surface area contributed by atoms with E-state index in [-0.39, 0.29) is 17.7 Å². The number of rotatable bonds is 8. The summed E-state index contributed by atoms with van der Waals surface area (Å²) in [5, 5.41) is 3.71. The number of hydrogen-bond donors (Lipinski definition) is 2. The largest absolute Gasteiger partial charge is 0.369 e. The fourth-order valence-corrected chi connectivity index (χ4v) is 4.70. The van der Waals surface area contributed by atoms with E-state index in [4.69, 9.17) is 5.73 Å². The van der Waals surface area contributed by atoms with Crippen LogP contribution in [-0.2, 0) is 0 Å². The summed E-state index contributed by atoms with van der Waals surface area (Å²) < 4.78 is 27.0. The molecule has 0 aliphatic carbocycles. The molecular formula is C26H33F2N6+.